The van der Waals surface area contributed by atoms with Crippen LogP contribution in [-0.4, -0.2) is 44.1 Å². The van der Waals surface area contributed by atoms with E-state index in [0.717, 1.165) is 29.7 Å². The summed E-state index contributed by atoms with van der Waals surface area (Å²) in [6.45, 7) is 5.33. The minimum Gasteiger partial charge on any atom is -0.419 e. The van der Waals surface area contributed by atoms with Crippen LogP contribution in [0, 0.1) is 13.8 Å². The van der Waals surface area contributed by atoms with Crippen LogP contribution in [0.1, 0.15) is 41.5 Å². The van der Waals surface area contributed by atoms with Gasteiger partial charge in [0, 0.05) is 25.2 Å². The highest BCUT2D eigenvalue weighted by Crippen LogP contribution is 2.29. The molecule has 7 nitrogen and oxygen atoms in total. The summed E-state index contributed by atoms with van der Waals surface area (Å²) in [6, 6.07) is 8.04. The summed E-state index contributed by atoms with van der Waals surface area (Å²) >= 11 is 0. The van der Waals surface area contributed by atoms with Crippen molar-refractivity contribution < 1.29 is 9.21 Å². The van der Waals surface area contributed by atoms with Crippen LogP contribution < -0.4 is 0 Å². The number of carbonyl (C=O) groups excluding carboxylic acids is 1. The van der Waals surface area contributed by atoms with Crippen LogP contribution >= 0.6 is 0 Å². The number of piperidine rings is 1. The van der Waals surface area contributed by atoms with E-state index in [1.54, 1.807) is 12.4 Å². The molecule has 1 amide bonds. The quantitative estimate of drug-likeness (QED) is 0.695. The summed E-state index contributed by atoms with van der Waals surface area (Å²) in [5.74, 6) is 1.35. The third kappa shape index (κ3) is 3.93. The lowest BCUT2D eigenvalue weighted by atomic mass is 9.96. The summed E-state index contributed by atoms with van der Waals surface area (Å²) in [4.78, 5) is 23.1. The van der Waals surface area contributed by atoms with Crippen LogP contribution in [0.5, 0.6) is 0 Å². The molecule has 2 aromatic heterocycles. The van der Waals surface area contributed by atoms with Gasteiger partial charge in [-0.15, -0.1) is 10.2 Å². The van der Waals surface area contributed by atoms with Crippen LogP contribution in [0.25, 0.3) is 11.6 Å². The number of rotatable bonds is 4. The van der Waals surface area contributed by atoms with Crippen molar-refractivity contribution in [2.45, 2.75) is 39.0 Å². The molecule has 1 fully saturated rings. The zero-order valence-electron chi connectivity index (χ0n) is 16.1. The molecule has 0 saturated carbocycles. The van der Waals surface area contributed by atoms with E-state index in [1.165, 1.54) is 0 Å². The van der Waals surface area contributed by atoms with Gasteiger partial charge < -0.3 is 9.32 Å². The Balaban J connectivity index is 1.36. The highest BCUT2D eigenvalue weighted by molar-refractivity contribution is 5.79. The van der Waals surface area contributed by atoms with Gasteiger partial charge in [0.05, 0.1) is 18.3 Å². The number of nitrogens with zero attached hydrogens (tertiary/aromatic N) is 5. The fourth-order valence-electron chi connectivity index (χ4n) is 3.47. The second kappa shape index (κ2) is 7.88. The molecule has 1 saturated heterocycles. The molecule has 1 aliphatic rings. The second-order valence-corrected chi connectivity index (χ2v) is 7.25. The number of aryl methyl sites for hydroxylation is 2. The van der Waals surface area contributed by atoms with Crippen LogP contribution in [0.3, 0.4) is 0 Å². The third-order valence-electron chi connectivity index (χ3n) is 5.24. The molecule has 3 aromatic rings. The number of aromatic nitrogens is 4. The standard InChI is InChI=1S/C21H23N5O2/c1-14-5-3-4-6-17(14)11-19(27)26-9-7-16(8-10-26)20-24-25-21(28-20)18-13-22-15(2)12-23-18/h3-6,12-13,16H,7-11H2,1-2H3. The molecular formula is C21H23N5O2. The van der Waals surface area contributed by atoms with Gasteiger partial charge in [0.2, 0.25) is 11.8 Å². The molecule has 4 rings (SSSR count). The van der Waals surface area contributed by atoms with Crippen molar-refractivity contribution in [2.75, 3.05) is 13.1 Å². The zero-order valence-corrected chi connectivity index (χ0v) is 16.1. The molecule has 0 atom stereocenters. The van der Waals surface area contributed by atoms with Crippen molar-refractivity contribution in [1.29, 1.82) is 0 Å². The van der Waals surface area contributed by atoms with Crippen molar-refractivity contribution >= 4 is 5.91 Å². The maximum absolute atomic E-state index is 12.6. The van der Waals surface area contributed by atoms with Gasteiger partial charge in [-0.25, -0.2) is 4.98 Å². The summed E-state index contributed by atoms with van der Waals surface area (Å²) in [6.07, 6.45) is 5.41. The smallest absolute Gasteiger partial charge is 0.267 e. The average molecular weight is 377 g/mol. The highest BCUT2D eigenvalue weighted by Gasteiger charge is 2.27. The van der Waals surface area contributed by atoms with Crippen molar-refractivity contribution in [2.24, 2.45) is 0 Å². The molecule has 0 unspecified atom stereocenters. The normalized spacial score (nSPS) is 15.0. The fourth-order valence-corrected chi connectivity index (χ4v) is 3.47. The van der Waals surface area contributed by atoms with Crippen LogP contribution in [0.2, 0.25) is 0 Å². The Bertz CT molecular complexity index is 959. The first kappa shape index (κ1) is 18.3. The first-order chi connectivity index (χ1) is 13.6. The number of amides is 1. The molecule has 144 valence electrons. The Morgan fingerprint density at radius 3 is 2.61 bits per heavy atom. The minimum atomic E-state index is 0.169. The lowest BCUT2D eigenvalue weighted by Crippen LogP contribution is -2.38. The molecule has 1 aromatic carbocycles. The second-order valence-electron chi connectivity index (χ2n) is 7.25. The number of carbonyl (C=O) groups is 1. The maximum Gasteiger partial charge on any atom is 0.267 e. The molecule has 0 aliphatic carbocycles. The number of likely N-dealkylation sites (tertiary alicyclic amines) is 1. The Labute approximate surface area is 163 Å². The molecule has 7 heteroatoms. The highest BCUT2D eigenvalue weighted by atomic mass is 16.4. The van der Waals surface area contributed by atoms with Gasteiger partial charge in [0.15, 0.2) is 0 Å². The summed E-state index contributed by atoms with van der Waals surface area (Å²) in [5, 5.41) is 8.31. The Morgan fingerprint density at radius 1 is 1.11 bits per heavy atom. The Hall–Kier alpha value is -3.09. The van der Waals surface area contributed by atoms with E-state index in [1.807, 2.05) is 43.0 Å². The lowest BCUT2D eigenvalue weighted by molar-refractivity contribution is -0.131. The van der Waals surface area contributed by atoms with Crippen molar-refractivity contribution in [1.82, 2.24) is 25.1 Å². The summed E-state index contributed by atoms with van der Waals surface area (Å²) in [5.41, 5.74) is 3.67. The minimum absolute atomic E-state index is 0.169. The monoisotopic (exact) mass is 377 g/mol. The zero-order chi connectivity index (χ0) is 19.5. The maximum atomic E-state index is 12.6. The van der Waals surface area contributed by atoms with E-state index in [9.17, 15) is 4.79 Å². The van der Waals surface area contributed by atoms with Crippen LogP contribution in [0.4, 0.5) is 0 Å². The number of hydrogen-bond acceptors (Lipinski definition) is 6. The van der Waals surface area contributed by atoms with E-state index in [4.69, 9.17) is 4.42 Å². The summed E-state index contributed by atoms with van der Waals surface area (Å²) < 4.78 is 5.83. The Morgan fingerprint density at radius 2 is 1.89 bits per heavy atom. The molecule has 0 radical (unpaired) electrons. The van der Waals surface area contributed by atoms with E-state index >= 15 is 0 Å². The fraction of sp³-hybridized carbons (Fsp3) is 0.381. The predicted octanol–water partition coefficient (Wildman–Crippen LogP) is 3.09. The molecule has 28 heavy (non-hydrogen) atoms. The Kier molecular flexibility index (Phi) is 5.14. The van der Waals surface area contributed by atoms with E-state index in [0.29, 0.717) is 37.0 Å². The van der Waals surface area contributed by atoms with Gasteiger partial charge in [0.1, 0.15) is 5.69 Å². The van der Waals surface area contributed by atoms with Gasteiger partial charge in [0.25, 0.3) is 5.89 Å². The molecular weight excluding hydrogens is 354 g/mol. The third-order valence-corrected chi connectivity index (χ3v) is 5.24. The molecule has 3 heterocycles. The molecule has 0 spiro atoms. The van der Waals surface area contributed by atoms with E-state index in [-0.39, 0.29) is 11.8 Å². The first-order valence-corrected chi connectivity index (χ1v) is 9.55. The van der Waals surface area contributed by atoms with Gasteiger partial charge >= 0.3 is 0 Å². The number of benzene rings is 1. The van der Waals surface area contributed by atoms with Crippen LogP contribution in [-0.2, 0) is 11.2 Å². The van der Waals surface area contributed by atoms with Gasteiger partial charge in [-0.2, -0.15) is 0 Å². The van der Waals surface area contributed by atoms with Crippen molar-refractivity contribution in [3.63, 3.8) is 0 Å². The lowest BCUT2D eigenvalue weighted by Gasteiger charge is -2.30. The van der Waals surface area contributed by atoms with Gasteiger partial charge in [-0.1, -0.05) is 24.3 Å². The first-order valence-electron chi connectivity index (χ1n) is 9.55. The largest absolute Gasteiger partial charge is 0.419 e. The van der Waals surface area contributed by atoms with Crippen molar-refractivity contribution in [3.05, 3.63) is 59.4 Å². The van der Waals surface area contributed by atoms with Crippen LogP contribution in [0.15, 0.2) is 41.1 Å². The molecule has 0 bridgehead atoms. The topological polar surface area (TPSA) is 85.0 Å². The molecule has 0 N–H and O–H groups in total. The molecule has 1 aliphatic heterocycles. The predicted molar refractivity (Wildman–Crippen MR) is 103 cm³/mol. The van der Waals surface area contributed by atoms with E-state index in [2.05, 4.69) is 20.2 Å². The van der Waals surface area contributed by atoms with E-state index < -0.39 is 0 Å². The summed E-state index contributed by atoms with van der Waals surface area (Å²) in [7, 11) is 0. The van der Waals surface area contributed by atoms with Gasteiger partial charge in [-0.3, -0.25) is 9.78 Å². The number of hydrogen-bond donors (Lipinski definition) is 0. The SMILES string of the molecule is Cc1cnc(-c2nnc(C3CCN(C(=O)Cc4ccccc4C)CC3)o2)cn1. The van der Waals surface area contributed by atoms with Gasteiger partial charge in [-0.05, 0) is 37.8 Å². The van der Waals surface area contributed by atoms with Crippen molar-refractivity contribution in [3.8, 4) is 11.6 Å². The average Bonchev–Trinajstić information content (AvgIpc) is 3.20.